The Morgan fingerprint density at radius 2 is 1.86 bits per heavy atom. The number of carbonyl (C=O) groups excluding carboxylic acids is 2. The van der Waals surface area contributed by atoms with E-state index in [0.717, 1.165) is 30.4 Å². The maximum Gasteiger partial charge on any atom is 0.331 e. The van der Waals surface area contributed by atoms with Gasteiger partial charge in [-0.3, -0.25) is 9.69 Å². The van der Waals surface area contributed by atoms with Crippen molar-refractivity contribution in [2.75, 3.05) is 10.2 Å². The van der Waals surface area contributed by atoms with Crippen LogP contribution in [-0.2, 0) is 0 Å². The predicted molar refractivity (Wildman–Crippen MR) is 139 cm³/mol. The molecule has 1 saturated carbocycles. The highest BCUT2D eigenvalue weighted by Crippen LogP contribution is 2.46. The van der Waals surface area contributed by atoms with Crippen molar-refractivity contribution < 1.29 is 19.4 Å². The van der Waals surface area contributed by atoms with Gasteiger partial charge in [-0.25, -0.2) is 9.78 Å². The minimum absolute atomic E-state index is 0.0847. The molecule has 2 atom stereocenters. The van der Waals surface area contributed by atoms with Crippen LogP contribution >= 0.6 is 11.3 Å². The molecule has 2 aliphatic rings. The van der Waals surface area contributed by atoms with Crippen LogP contribution in [0.3, 0.4) is 0 Å². The number of thiophene rings is 1. The molecular formula is C27H24N4O4S. The fraction of sp³-hybridized carbons (Fsp3) is 0.222. The molecule has 36 heavy (non-hydrogen) atoms. The topological polar surface area (TPSA) is 104 Å². The van der Waals surface area contributed by atoms with Crippen molar-refractivity contribution in [3.63, 3.8) is 0 Å². The van der Waals surface area contributed by atoms with E-state index in [1.54, 1.807) is 17.2 Å². The second-order valence-corrected chi connectivity index (χ2v) is 9.98. The van der Waals surface area contributed by atoms with E-state index in [1.165, 1.54) is 11.3 Å². The van der Waals surface area contributed by atoms with Crippen LogP contribution in [0, 0.1) is 0 Å². The van der Waals surface area contributed by atoms with Gasteiger partial charge < -0.3 is 20.5 Å². The fourth-order valence-electron chi connectivity index (χ4n) is 4.83. The largest absolute Gasteiger partial charge is 0.457 e. The molecule has 0 bridgehead atoms. The zero-order valence-corrected chi connectivity index (χ0v) is 20.1. The van der Waals surface area contributed by atoms with Gasteiger partial charge >= 0.3 is 6.03 Å². The van der Waals surface area contributed by atoms with Crippen molar-refractivity contribution in [1.82, 2.24) is 10.3 Å². The number of pyridine rings is 1. The highest BCUT2D eigenvalue weighted by molar-refractivity contribution is 7.21. The zero-order chi connectivity index (χ0) is 24.6. The van der Waals surface area contributed by atoms with Gasteiger partial charge in [0.1, 0.15) is 21.2 Å². The van der Waals surface area contributed by atoms with E-state index in [2.05, 4.69) is 15.6 Å². The number of rotatable bonds is 5. The van der Waals surface area contributed by atoms with Gasteiger partial charge in [0.25, 0.3) is 5.91 Å². The van der Waals surface area contributed by atoms with Gasteiger partial charge in [0, 0.05) is 12.2 Å². The molecule has 8 nitrogen and oxygen atoms in total. The highest BCUT2D eigenvalue weighted by atomic mass is 32.1. The summed E-state index contributed by atoms with van der Waals surface area (Å²) in [5.74, 6) is 1.13. The zero-order valence-electron chi connectivity index (χ0n) is 19.3. The third-order valence-corrected chi connectivity index (χ3v) is 7.60. The first-order valence-electron chi connectivity index (χ1n) is 11.9. The second-order valence-electron chi connectivity index (χ2n) is 8.98. The highest BCUT2D eigenvalue weighted by Gasteiger charge is 2.33. The van der Waals surface area contributed by atoms with Crippen molar-refractivity contribution in [3.05, 3.63) is 71.7 Å². The molecule has 3 heterocycles. The number of hydrogen-bond acceptors (Lipinski definition) is 6. The molecular weight excluding hydrogens is 476 g/mol. The summed E-state index contributed by atoms with van der Waals surface area (Å²) in [4.78, 5) is 33.6. The van der Waals surface area contributed by atoms with E-state index in [1.807, 2.05) is 54.6 Å². The normalized spacial score (nSPS) is 19.1. The molecule has 3 N–H and O–H groups in total. The number of ether oxygens (including phenoxy) is 1. The van der Waals surface area contributed by atoms with Crippen LogP contribution in [0.5, 0.6) is 11.5 Å². The number of nitrogens with one attached hydrogen (secondary N) is 2. The molecule has 2 aromatic carbocycles. The SMILES string of the molecule is O=C(N[C@H]1CCC[C@H](O)C1)c1sc2nccc3c2c1NC(=O)N3c1ccc(Oc2ccccc2)cc1. The summed E-state index contributed by atoms with van der Waals surface area (Å²) < 4.78 is 5.87. The van der Waals surface area contributed by atoms with Gasteiger partial charge in [0.15, 0.2) is 0 Å². The number of benzene rings is 2. The van der Waals surface area contributed by atoms with Gasteiger partial charge in [-0.2, -0.15) is 0 Å². The van der Waals surface area contributed by atoms with Crippen molar-refractivity contribution in [2.24, 2.45) is 0 Å². The number of anilines is 3. The Kier molecular flexibility index (Phi) is 5.79. The van der Waals surface area contributed by atoms with E-state index >= 15 is 0 Å². The molecule has 4 aromatic rings. The Hall–Kier alpha value is -3.95. The standard InChI is InChI=1S/C27H24N4O4S/c32-18-6-4-5-16(15-18)29-25(33)24-23-22-21(13-14-28-26(22)36-24)31(27(34)30-23)17-9-11-20(12-10-17)35-19-7-2-1-3-8-19/h1-3,7-14,16,18,32H,4-6,15H2,(H,29,33)(H,30,34)/t16-,18-/m0/s1. The summed E-state index contributed by atoms with van der Waals surface area (Å²) >= 11 is 1.26. The van der Waals surface area contributed by atoms with Crippen LogP contribution in [-0.4, -0.2) is 34.2 Å². The molecule has 1 aliphatic heterocycles. The lowest BCUT2D eigenvalue weighted by Crippen LogP contribution is -2.40. The van der Waals surface area contributed by atoms with Crippen LogP contribution < -0.4 is 20.3 Å². The Balaban J connectivity index is 1.30. The fourth-order valence-corrected chi connectivity index (χ4v) is 5.86. The molecule has 1 fully saturated rings. The van der Waals surface area contributed by atoms with Crippen LogP contribution in [0.4, 0.5) is 21.9 Å². The van der Waals surface area contributed by atoms with Crippen molar-refractivity contribution >= 4 is 50.6 Å². The number of urea groups is 1. The molecule has 3 amide bonds. The Bertz CT molecular complexity index is 1440. The molecule has 182 valence electrons. The number of aromatic nitrogens is 1. The molecule has 0 unspecified atom stereocenters. The Morgan fingerprint density at radius 3 is 2.64 bits per heavy atom. The minimum Gasteiger partial charge on any atom is -0.457 e. The summed E-state index contributed by atoms with van der Waals surface area (Å²) in [6.45, 7) is 0. The summed E-state index contributed by atoms with van der Waals surface area (Å²) in [6, 6.07) is 18.1. The molecule has 1 aliphatic carbocycles. The first-order valence-corrected chi connectivity index (χ1v) is 12.7. The summed E-state index contributed by atoms with van der Waals surface area (Å²) in [5, 5.41) is 16.6. The summed E-state index contributed by atoms with van der Waals surface area (Å²) in [7, 11) is 0. The molecule has 9 heteroatoms. The van der Waals surface area contributed by atoms with Crippen molar-refractivity contribution in [1.29, 1.82) is 0 Å². The first kappa shape index (κ1) is 22.5. The second kappa shape index (κ2) is 9.25. The van der Waals surface area contributed by atoms with Crippen LogP contribution in [0.15, 0.2) is 66.9 Å². The quantitative estimate of drug-likeness (QED) is 0.321. The van der Waals surface area contributed by atoms with Crippen LogP contribution in [0.25, 0.3) is 10.2 Å². The maximum atomic E-state index is 13.3. The van der Waals surface area contributed by atoms with Crippen LogP contribution in [0.1, 0.15) is 35.4 Å². The number of para-hydroxylation sites is 1. The number of amides is 3. The van der Waals surface area contributed by atoms with Crippen LogP contribution in [0.2, 0.25) is 0 Å². The molecule has 0 spiro atoms. The van der Waals surface area contributed by atoms with Gasteiger partial charge in [0.05, 0.1) is 28.6 Å². The Morgan fingerprint density at radius 1 is 1.08 bits per heavy atom. The monoisotopic (exact) mass is 500 g/mol. The van der Waals surface area contributed by atoms with E-state index in [-0.39, 0.29) is 18.0 Å². The van der Waals surface area contributed by atoms with E-state index < -0.39 is 6.10 Å². The number of hydrogen-bond donors (Lipinski definition) is 3. The maximum absolute atomic E-state index is 13.3. The van der Waals surface area contributed by atoms with Crippen molar-refractivity contribution in [3.8, 4) is 11.5 Å². The third kappa shape index (κ3) is 4.16. The number of carbonyl (C=O) groups is 2. The molecule has 0 saturated heterocycles. The minimum atomic E-state index is -0.393. The summed E-state index contributed by atoms with van der Waals surface area (Å²) in [5.41, 5.74) is 1.82. The third-order valence-electron chi connectivity index (χ3n) is 6.51. The average Bonchev–Trinajstić information content (AvgIpc) is 3.25. The molecule has 2 aromatic heterocycles. The molecule has 6 rings (SSSR count). The van der Waals surface area contributed by atoms with E-state index in [4.69, 9.17) is 4.74 Å². The number of nitrogens with zero attached hydrogens (tertiary/aromatic N) is 2. The van der Waals surface area contributed by atoms with Gasteiger partial charge in [-0.1, -0.05) is 18.2 Å². The lowest BCUT2D eigenvalue weighted by Gasteiger charge is -2.29. The van der Waals surface area contributed by atoms with Gasteiger partial charge in [0.2, 0.25) is 0 Å². The van der Waals surface area contributed by atoms with Crippen molar-refractivity contribution in [2.45, 2.75) is 37.8 Å². The lowest BCUT2D eigenvalue weighted by molar-refractivity contribution is 0.0854. The van der Waals surface area contributed by atoms with E-state index in [9.17, 15) is 14.7 Å². The summed E-state index contributed by atoms with van der Waals surface area (Å²) in [6.07, 6.45) is 4.26. The predicted octanol–water partition coefficient (Wildman–Crippen LogP) is 5.81. The number of aliphatic hydroxyl groups is 1. The first-order chi connectivity index (χ1) is 17.6. The smallest absolute Gasteiger partial charge is 0.331 e. The van der Waals surface area contributed by atoms with Gasteiger partial charge in [-0.05, 0) is 68.1 Å². The average molecular weight is 501 g/mol. The Labute approximate surface area is 211 Å². The molecule has 0 radical (unpaired) electrons. The lowest BCUT2D eigenvalue weighted by atomic mass is 9.93. The van der Waals surface area contributed by atoms with E-state index in [0.29, 0.717) is 38.9 Å². The number of aliphatic hydroxyl groups excluding tert-OH is 1. The van der Waals surface area contributed by atoms with Gasteiger partial charge in [-0.15, -0.1) is 11.3 Å².